The highest BCUT2D eigenvalue weighted by atomic mass is 16.1. The van der Waals surface area contributed by atoms with Gasteiger partial charge in [0.2, 0.25) is 5.78 Å². The Kier molecular flexibility index (Phi) is 1.32. The minimum atomic E-state index is 0.0773. The summed E-state index contributed by atoms with van der Waals surface area (Å²) in [6.45, 7) is 4.12. The molecule has 1 heteroatoms. The van der Waals surface area contributed by atoms with Crippen LogP contribution in [0.25, 0.3) is 0 Å². The van der Waals surface area contributed by atoms with Gasteiger partial charge in [0.1, 0.15) is 0 Å². The molecule has 1 aliphatic carbocycles. The molecular formula is C8H10O. The van der Waals surface area contributed by atoms with Crippen molar-refractivity contribution >= 4 is 5.78 Å². The van der Waals surface area contributed by atoms with E-state index in [4.69, 9.17) is 0 Å². The van der Waals surface area contributed by atoms with Gasteiger partial charge in [-0.3, -0.25) is 4.79 Å². The lowest BCUT2D eigenvalue weighted by Gasteiger charge is -2.18. The molecule has 1 nitrogen and oxygen atoms in total. The van der Waals surface area contributed by atoms with Crippen LogP contribution in [-0.4, -0.2) is 5.78 Å². The van der Waals surface area contributed by atoms with Crippen molar-refractivity contribution in [1.29, 1.82) is 0 Å². The van der Waals surface area contributed by atoms with Crippen molar-refractivity contribution in [1.82, 2.24) is 0 Å². The van der Waals surface area contributed by atoms with Crippen LogP contribution in [0.15, 0.2) is 0 Å². The van der Waals surface area contributed by atoms with E-state index in [0.29, 0.717) is 6.42 Å². The normalized spacial score (nSPS) is 22.7. The highest BCUT2D eigenvalue weighted by molar-refractivity contribution is 5.96. The second-order valence-corrected chi connectivity index (χ2v) is 3.06. The molecule has 0 saturated carbocycles. The van der Waals surface area contributed by atoms with Gasteiger partial charge < -0.3 is 0 Å². The molecule has 0 aromatic carbocycles. The minimum Gasteiger partial charge on any atom is -0.285 e. The molecule has 0 spiro atoms. The monoisotopic (exact) mass is 122 g/mol. The first-order chi connectivity index (χ1) is 4.10. The van der Waals surface area contributed by atoms with Crippen LogP contribution in [0.1, 0.15) is 26.7 Å². The van der Waals surface area contributed by atoms with Crippen molar-refractivity contribution in [3.63, 3.8) is 0 Å². The van der Waals surface area contributed by atoms with E-state index < -0.39 is 0 Å². The molecule has 9 heavy (non-hydrogen) atoms. The SMILES string of the molecule is CC1(C)C#CC(=O)CC1. The topological polar surface area (TPSA) is 17.1 Å². The highest BCUT2D eigenvalue weighted by Crippen LogP contribution is 2.23. The van der Waals surface area contributed by atoms with Crippen LogP contribution in [0.4, 0.5) is 0 Å². The number of rotatable bonds is 0. The van der Waals surface area contributed by atoms with Gasteiger partial charge in [-0.1, -0.05) is 5.92 Å². The summed E-state index contributed by atoms with van der Waals surface area (Å²) < 4.78 is 0. The van der Waals surface area contributed by atoms with Crippen LogP contribution < -0.4 is 0 Å². The van der Waals surface area contributed by atoms with Crippen molar-refractivity contribution in [2.45, 2.75) is 26.7 Å². The van der Waals surface area contributed by atoms with Gasteiger partial charge in [-0.25, -0.2) is 0 Å². The maximum absolute atomic E-state index is 10.6. The third kappa shape index (κ3) is 1.57. The molecule has 1 aliphatic rings. The number of carbonyl (C=O) groups excluding carboxylic acids is 1. The van der Waals surface area contributed by atoms with Crippen molar-refractivity contribution in [2.24, 2.45) is 5.41 Å². The summed E-state index contributed by atoms with van der Waals surface area (Å²) in [4.78, 5) is 10.6. The summed E-state index contributed by atoms with van der Waals surface area (Å²) in [5, 5.41) is 0. The molecule has 0 aliphatic heterocycles. The number of ketones is 1. The molecule has 0 aromatic heterocycles. The van der Waals surface area contributed by atoms with E-state index in [-0.39, 0.29) is 11.2 Å². The van der Waals surface area contributed by atoms with E-state index in [1.54, 1.807) is 0 Å². The first-order valence-electron chi connectivity index (χ1n) is 3.16. The van der Waals surface area contributed by atoms with Gasteiger partial charge >= 0.3 is 0 Å². The Hall–Kier alpha value is -0.770. The standard InChI is InChI=1S/C8H10O/c1-8(2)5-3-7(9)4-6-8/h3,5H2,1-2H3. The van der Waals surface area contributed by atoms with Crippen LogP contribution in [0.2, 0.25) is 0 Å². The summed E-state index contributed by atoms with van der Waals surface area (Å²) in [5.74, 6) is 5.58. The van der Waals surface area contributed by atoms with Gasteiger partial charge in [-0.05, 0) is 26.2 Å². The van der Waals surface area contributed by atoms with E-state index in [0.717, 1.165) is 6.42 Å². The van der Waals surface area contributed by atoms with Crippen molar-refractivity contribution in [3.05, 3.63) is 0 Å². The zero-order chi connectivity index (χ0) is 6.91. The summed E-state index contributed by atoms with van der Waals surface area (Å²) >= 11 is 0. The summed E-state index contributed by atoms with van der Waals surface area (Å²) in [7, 11) is 0. The van der Waals surface area contributed by atoms with E-state index in [2.05, 4.69) is 25.7 Å². The molecule has 0 unspecified atom stereocenters. The molecule has 0 N–H and O–H groups in total. The Morgan fingerprint density at radius 3 is 2.56 bits per heavy atom. The quantitative estimate of drug-likeness (QED) is 0.350. The van der Waals surface area contributed by atoms with Crippen molar-refractivity contribution in [2.75, 3.05) is 0 Å². The fourth-order valence-corrected chi connectivity index (χ4v) is 0.790. The average molecular weight is 122 g/mol. The zero-order valence-corrected chi connectivity index (χ0v) is 5.82. The summed E-state index contributed by atoms with van der Waals surface area (Å²) in [6, 6.07) is 0. The molecule has 48 valence electrons. The lowest BCUT2D eigenvalue weighted by atomic mass is 9.85. The van der Waals surface area contributed by atoms with Crippen LogP contribution in [0, 0.1) is 17.3 Å². The number of hydrogen-bond donors (Lipinski definition) is 0. The van der Waals surface area contributed by atoms with Crippen LogP contribution in [-0.2, 0) is 4.79 Å². The predicted molar refractivity (Wildman–Crippen MR) is 35.8 cm³/mol. The Morgan fingerprint density at radius 2 is 2.22 bits per heavy atom. The largest absolute Gasteiger partial charge is 0.285 e. The molecular weight excluding hydrogens is 112 g/mol. The Labute approximate surface area is 55.4 Å². The molecule has 0 fully saturated rings. The van der Waals surface area contributed by atoms with E-state index in [1.165, 1.54) is 0 Å². The van der Waals surface area contributed by atoms with Crippen LogP contribution in [0.3, 0.4) is 0 Å². The summed E-state index contributed by atoms with van der Waals surface area (Å²) in [6.07, 6.45) is 1.55. The first kappa shape index (κ1) is 6.35. The summed E-state index contributed by atoms with van der Waals surface area (Å²) in [5.41, 5.74) is 0.0773. The van der Waals surface area contributed by atoms with Gasteiger partial charge in [0.15, 0.2) is 0 Å². The molecule has 0 atom stereocenters. The predicted octanol–water partition coefficient (Wildman–Crippen LogP) is 1.38. The zero-order valence-electron chi connectivity index (χ0n) is 5.82. The van der Waals surface area contributed by atoms with Crippen LogP contribution >= 0.6 is 0 Å². The van der Waals surface area contributed by atoms with E-state index in [9.17, 15) is 4.79 Å². The Bertz CT molecular complexity index is 190. The second-order valence-electron chi connectivity index (χ2n) is 3.06. The number of Topliss-reactive ketones (excluding diaryl/α,β-unsaturated/α-hetero) is 1. The third-order valence-electron chi connectivity index (χ3n) is 1.52. The fraction of sp³-hybridized carbons (Fsp3) is 0.625. The molecule has 0 heterocycles. The van der Waals surface area contributed by atoms with E-state index in [1.807, 2.05) is 0 Å². The van der Waals surface area contributed by atoms with Gasteiger partial charge in [0.25, 0.3) is 0 Å². The van der Waals surface area contributed by atoms with Crippen molar-refractivity contribution < 1.29 is 4.79 Å². The lowest BCUT2D eigenvalue weighted by molar-refractivity contribution is -0.114. The van der Waals surface area contributed by atoms with Gasteiger partial charge in [0.05, 0.1) is 0 Å². The van der Waals surface area contributed by atoms with Gasteiger partial charge in [-0.15, -0.1) is 0 Å². The van der Waals surface area contributed by atoms with Gasteiger partial charge in [-0.2, -0.15) is 0 Å². The number of carbonyl (C=O) groups is 1. The van der Waals surface area contributed by atoms with Gasteiger partial charge in [0, 0.05) is 11.8 Å². The second kappa shape index (κ2) is 1.88. The average Bonchev–Trinajstić information content (AvgIpc) is 1.78. The smallest absolute Gasteiger partial charge is 0.205 e. The maximum atomic E-state index is 10.6. The highest BCUT2D eigenvalue weighted by Gasteiger charge is 2.19. The molecule has 1 rings (SSSR count). The number of hydrogen-bond acceptors (Lipinski definition) is 1. The Morgan fingerprint density at radius 1 is 1.56 bits per heavy atom. The van der Waals surface area contributed by atoms with E-state index >= 15 is 0 Å². The maximum Gasteiger partial charge on any atom is 0.205 e. The molecule has 0 aromatic rings. The minimum absolute atomic E-state index is 0.0773. The molecule has 0 saturated heterocycles. The fourth-order valence-electron chi connectivity index (χ4n) is 0.790. The third-order valence-corrected chi connectivity index (χ3v) is 1.52. The Balaban J connectivity index is 2.79. The first-order valence-corrected chi connectivity index (χ1v) is 3.16. The molecule has 0 bridgehead atoms. The lowest BCUT2D eigenvalue weighted by Crippen LogP contribution is -2.15. The van der Waals surface area contributed by atoms with Crippen LogP contribution in [0.5, 0.6) is 0 Å². The molecule has 0 amide bonds. The molecule has 0 radical (unpaired) electrons. The van der Waals surface area contributed by atoms with Crippen molar-refractivity contribution in [3.8, 4) is 11.8 Å².